The van der Waals surface area contributed by atoms with Crippen molar-refractivity contribution >= 4 is 0 Å². The SMILES string of the molecule is C=C=C=CCCC(C)C. The molecular formula is C9H14. The van der Waals surface area contributed by atoms with Crippen LogP contribution >= 0.6 is 0 Å². The van der Waals surface area contributed by atoms with E-state index >= 15 is 0 Å². The third kappa shape index (κ3) is 7.30. The van der Waals surface area contributed by atoms with Crippen LogP contribution in [0.2, 0.25) is 0 Å². The molecule has 0 bridgehead atoms. The minimum absolute atomic E-state index is 0.785. The fraction of sp³-hybridized carbons (Fsp3) is 0.556. The normalized spacial score (nSPS) is 8.33. The maximum atomic E-state index is 3.41. The summed E-state index contributed by atoms with van der Waals surface area (Å²) in [5, 5.41) is 0. The Labute approximate surface area is 57.6 Å². The highest BCUT2D eigenvalue weighted by atomic mass is 13.9. The predicted octanol–water partition coefficient (Wildman–Crippen LogP) is 2.92. The monoisotopic (exact) mass is 122 g/mol. The first kappa shape index (κ1) is 8.30. The zero-order valence-corrected chi connectivity index (χ0v) is 6.28. The highest BCUT2D eigenvalue weighted by molar-refractivity contribution is 4.80. The van der Waals surface area contributed by atoms with Gasteiger partial charge in [0.25, 0.3) is 0 Å². The van der Waals surface area contributed by atoms with Gasteiger partial charge in [0.15, 0.2) is 0 Å². The lowest BCUT2D eigenvalue weighted by Crippen LogP contribution is -1.82. The fourth-order valence-corrected chi connectivity index (χ4v) is 0.561. The van der Waals surface area contributed by atoms with Crippen molar-refractivity contribution in [2.45, 2.75) is 26.7 Å². The second-order valence-corrected chi connectivity index (χ2v) is 2.50. The number of rotatable bonds is 3. The number of hydrogen-bond acceptors (Lipinski definition) is 0. The van der Waals surface area contributed by atoms with E-state index in [9.17, 15) is 0 Å². The molecule has 0 spiro atoms. The Morgan fingerprint density at radius 2 is 2.22 bits per heavy atom. The lowest BCUT2D eigenvalue weighted by molar-refractivity contribution is 0.594. The average Bonchev–Trinajstić information content (AvgIpc) is 1.80. The molecule has 0 heterocycles. The van der Waals surface area contributed by atoms with Crippen LogP contribution in [0.4, 0.5) is 0 Å². The summed E-state index contributed by atoms with van der Waals surface area (Å²) in [5.74, 6) is 0.785. The minimum Gasteiger partial charge on any atom is -0.0785 e. The van der Waals surface area contributed by atoms with Gasteiger partial charge in [-0.15, -0.1) is 0 Å². The van der Waals surface area contributed by atoms with E-state index in [-0.39, 0.29) is 0 Å². The van der Waals surface area contributed by atoms with Crippen molar-refractivity contribution in [3.8, 4) is 0 Å². The molecule has 0 aromatic heterocycles. The van der Waals surface area contributed by atoms with Gasteiger partial charge in [0.05, 0.1) is 0 Å². The van der Waals surface area contributed by atoms with E-state index in [1.807, 2.05) is 6.08 Å². The van der Waals surface area contributed by atoms with Gasteiger partial charge in [-0.1, -0.05) is 25.3 Å². The summed E-state index contributed by atoms with van der Waals surface area (Å²) in [5.41, 5.74) is 5.40. The van der Waals surface area contributed by atoms with Crippen molar-refractivity contribution in [3.63, 3.8) is 0 Å². The van der Waals surface area contributed by atoms with Crippen LogP contribution in [0.25, 0.3) is 0 Å². The molecule has 0 amide bonds. The first-order chi connectivity index (χ1) is 4.27. The molecule has 0 aliphatic rings. The molecule has 9 heavy (non-hydrogen) atoms. The van der Waals surface area contributed by atoms with Crippen molar-refractivity contribution in [3.05, 3.63) is 24.1 Å². The van der Waals surface area contributed by atoms with E-state index in [4.69, 9.17) is 0 Å². The first-order valence-electron chi connectivity index (χ1n) is 3.36. The molecular weight excluding hydrogens is 108 g/mol. The summed E-state index contributed by atoms with van der Waals surface area (Å²) < 4.78 is 0. The summed E-state index contributed by atoms with van der Waals surface area (Å²) in [6, 6.07) is 0. The van der Waals surface area contributed by atoms with Crippen LogP contribution < -0.4 is 0 Å². The zero-order chi connectivity index (χ0) is 7.11. The van der Waals surface area contributed by atoms with Gasteiger partial charge in [0.2, 0.25) is 0 Å². The smallest absolute Gasteiger partial charge is 0.0265 e. The molecule has 50 valence electrons. The summed E-state index contributed by atoms with van der Waals surface area (Å²) >= 11 is 0. The Balaban J connectivity index is 3.30. The number of hydrogen-bond donors (Lipinski definition) is 0. The summed E-state index contributed by atoms with van der Waals surface area (Å²) in [4.78, 5) is 0. The summed E-state index contributed by atoms with van der Waals surface area (Å²) in [6.45, 7) is 7.84. The van der Waals surface area contributed by atoms with Crippen LogP contribution in [0.3, 0.4) is 0 Å². The van der Waals surface area contributed by atoms with Crippen molar-refractivity contribution in [1.82, 2.24) is 0 Å². The molecule has 0 atom stereocenters. The lowest BCUT2D eigenvalue weighted by Gasteiger charge is -1.96. The van der Waals surface area contributed by atoms with Crippen LogP contribution in [0, 0.1) is 5.92 Å². The van der Waals surface area contributed by atoms with Crippen LogP contribution in [0.1, 0.15) is 26.7 Å². The Hall–Kier alpha value is -0.700. The van der Waals surface area contributed by atoms with E-state index in [0.29, 0.717) is 0 Å². The van der Waals surface area contributed by atoms with Gasteiger partial charge >= 0.3 is 0 Å². The first-order valence-corrected chi connectivity index (χ1v) is 3.36. The molecule has 0 saturated heterocycles. The minimum atomic E-state index is 0.785. The van der Waals surface area contributed by atoms with Gasteiger partial charge < -0.3 is 0 Å². The molecule has 0 aromatic carbocycles. The molecule has 0 aliphatic heterocycles. The van der Waals surface area contributed by atoms with Crippen LogP contribution in [0.15, 0.2) is 24.1 Å². The maximum Gasteiger partial charge on any atom is -0.0265 e. The molecule has 0 aromatic rings. The Morgan fingerprint density at radius 1 is 1.56 bits per heavy atom. The van der Waals surface area contributed by atoms with Gasteiger partial charge in [-0.25, -0.2) is 0 Å². The van der Waals surface area contributed by atoms with E-state index in [1.165, 1.54) is 6.42 Å². The molecule has 0 aliphatic carbocycles. The predicted molar refractivity (Wildman–Crippen MR) is 41.3 cm³/mol. The fourth-order valence-electron chi connectivity index (χ4n) is 0.561. The molecule has 0 unspecified atom stereocenters. The van der Waals surface area contributed by atoms with Crippen LogP contribution in [-0.2, 0) is 0 Å². The molecule has 0 nitrogen and oxygen atoms in total. The molecule has 0 rings (SSSR count). The zero-order valence-electron chi connectivity index (χ0n) is 6.28. The molecule has 0 fully saturated rings. The second-order valence-electron chi connectivity index (χ2n) is 2.50. The Bertz CT molecular complexity index is 130. The van der Waals surface area contributed by atoms with E-state index in [2.05, 4.69) is 31.9 Å². The third-order valence-electron chi connectivity index (χ3n) is 1.09. The van der Waals surface area contributed by atoms with Gasteiger partial charge in [0.1, 0.15) is 0 Å². The van der Waals surface area contributed by atoms with E-state index < -0.39 is 0 Å². The second kappa shape index (κ2) is 5.44. The highest BCUT2D eigenvalue weighted by Crippen LogP contribution is 2.02. The largest absolute Gasteiger partial charge is 0.0785 e. The maximum absolute atomic E-state index is 3.41. The van der Waals surface area contributed by atoms with Gasteiger partial charge in [0, 0.05) is 0 Å². The van der Waals surface area contributed by atoms with Gasteiger partial charge in [-0.2, -0.15) is 0 Å². The number of allylic oxidation sites excluding steroid dienone is 1. The van der Waals surface area contributed by atoms with Crippen molar-refractivity contribution in [2.75, 3.05) is 0 Å². The Kier molecular flexibility index (Phi) is 5.01. The van der Waals surface area contributed by atoms with Crippen molar-refractivity contribution < 1.29 is 0 Å². The molecule has 0 saturated carbocycles. The van der Waals surface area contributed by atoms with E-state index in [1.54, 1.807) is 0 Å². The van der Waals surface area contributed by atoms with Gasteiger partial charge in [-0.3, -0.25) is 0 Å². The van der Waals surface area contributed by atoms with E-state index in [0.717, 1.165) is 12.3 Å². The van der Waals surface area contributed by atoms with Crippen LogP contribution in [0.5, 0.6) is 0 Å². The third-order valence-corrected chi connectivity index (χ3v) is 1.09. The molecule has 0 N–H and O–H groups in total. The quantitative estimate of drug-likeness (QED) is 0.505. The highest BCUT2D eigenvalue weighted by Gasteiger charge is 1.87. The van der Waals surface area contributed by atoms with Crippen molar-refractivity contribution in [2.24, 2.45) is 5.92 Å². The van der Waals surface area contributed by atoms with Crippen molar-refractivity contribution in [1.29, 1.82) is 0 Å². The molecule has 0 heteroatoms. The average molecular weight is 122 g/mol. The molecule has 0 radical (unpaired) electrons. The van der Waals surface area contributed by atoms with Gasteiger partial charge in [-0.05, 0) is 31.4 Å². The lowest BCUT2D eigenvalue weighted by atomic mass is 10.1. The summed E-state index contributed by atoms with van der Waals surface area (Å²) in [6.07, 6.45) is 4.31. The standard InChI is InChI=1S/C9H14/c1-4-5-6-7-8-9(2)3/h6,9H,1,7-8H2,2-3H3. The Morgan fingerprint density at radius 3 is 2.67 bits per heavy atom. The van der Waals surface area contributed by atoms with Crippen LogP contribution in [-0.4, -0.2) is 0 Å². The summed E-state index contributed by atoms with van der Waals surface area (Å²) in [7, 11) is 0. The topological polar surface area (TPSA) is 0 Å².